The van der Waals surface area contributed by atoms with Gasteiger partial charge in [-0.05, 0) is 49.2 Å². The second-order valence-electron chi connectivity index (χ2n) is 6.25. The monoisotopic (exact) mass is 376 g/mol. The van der Waals surface area contributed by atoms with Gasteiger partial charge >= 0.3 is 5.97 Å². The van der Waals surface area contributed by atoms with Gasteiger partial charge in [0.1, 0.15) is 11.9 Å². The summed E-state index contributed by atoms with van der Waals surface area (Å²) in [7, 11) is 0. The predicted octanol–water partition coefficient (Wildman–Crippen LogP) is 2.74. The highest BCUT2D eigenvalue weighted by Crippen LogP contribution is 2.11. The summed E-state index contributed by atoms with van der Waals surface area (Å²) in [5.74, 6) is -2.51. The van der Waals surface area contributed by atoms with Crippen LogP contribution in [0.2, 0.25) is 0 Å². The standard InChI is InChI=1S/C19H21FN2O5/c1-11(2)16(22-18(24)15-5-4-10-26-15)19(25)27-12(3)17(23)21-14-8-6-13(20)7-9-14/h4-12,16H,1-3H3,(H,21,23)(H,22,24)/t12-,16+/m1/s1. The number of esters is 1. The Morgan fingerprint density at radius 2 is 1.74 bits per heavy atom. The molecule has 2 amide bonds. The number of amides is 2. The fraction of sp³-hybridized carbons (Fsp3) is 0.316. The summed E-state index contributed by atoms with van der Waals surface area (Å²) in [6.45, 7) is 4.87. The van der Waals surface area contributed by atoms with Crippen LogP contribution >= 0.6 is 0 Å². The summed E-state index contributed by atoms with van der Waals surface area (Å²) in [5.41, 5.74) is 0.371. The maximum Gasteiger partial charge on any atom is 0.329 e. The van der Waals surface area contributed by atoms with Crippen molar-refractivity contribution >= 4 is 23.5 Å². The van der Waals surface area contributed by atoms with Crippen LogP contribution in [0, 0.1) is 11.7 Å². The van der Waals surface area contributed by atoms with Gasteiger partial charge in [0.05, 0.1) is 6.26 Å². The minimum absolute atomic E-state index is 0.0653. The largest absolute Gasteiger partial charge is 0.459 e. The van der Waals surface area contributed by atoms with Gasteiger partial charge in [-0.2, -0.15) is 0 Å². The molecule has 0 unspecified atom stereocenters. The van der Waals surface area contributed by atoms with Crippen molar-refractivity contribution in [1.29, 1.82) is 0 Å². The van der Waals surface area contributed by atoms with E-state index < -0.39 is 35.7 Å². The molecule has 144 valence electrons. The molecular weight excluding hydrogens is 355 g/mol. The van der Waals surface area contributed by atoms with Crippen LogP contribution in [-0.2, 0) is 14.3 Å². The first-order valence-electron chi connectivity index (χ1n) is 8.39. The number of rotatable bonds is 7. The molecule has 2 aromatic rings. The molecule has 1 heterocycles. The number of halogens is 1. The van der Waals surface area contributed by atoms with Crippen molar-refractivity contribution in [3.8, 4) is 0 Å². The van der Waals surface area contributed by atoms with Crippen molar-refractivity contribution in [2.75, 3.05) is 5.32 Å². The average Bonchev–Trinajstić information content (AvgIpc) is 3.15. The van der Waals surface area contributed by atoms with E-state index in [1.165, 1.54) is 43.5 Å². The van der Waals surface area contributed by atoms with Gasteiger partial charge in [-0.15, -0.1) is 0 Å². The topological polar surface area (TPSA) is 97.6 Å². The van der Waals surface area contributed by atoms with Gasteiger partial charge in [0.25, 0.3) is 11.8 Å². The van der Waals surface area contributed by atoms with Crippen LogP contribution in [0.4, 0.5) is 10.1 Å². The van der Waals surface area contributed by atoms with Crippen LogP contribution in [0.1, 0.15) is 31.3 Å². The number of ether oxygens (including phenoxy) is 1. The van der Waals surface area contributed by atoms with E-state index >= 15 is 0 Å². The molecule has 27 heavy (non-hydrogen) atoms. The lowest BCUT2D eigenvalue weighted by molar-refractivity contribution is -0.156. The summed E-state index contributed by atoms with van der Waals surface area (Å²) < 4.78 is 23.1. The highest BCUT2D eigenvalue weighted by Gasteiger charge is 2.29. The van der Waals surface area contributed by atoms with E-state index in [-0.39, 0.29) is 11.7 Å². The maximum atomic E-state index is 12.9. The molecule has 0 spiro atoms. The third-order valence-electron chi connectivity index (χ3n) is 3.73. The lowest BCUT2D eigenvalue weighted by Gasteiger charge is -2.22. The zero-order valence-corrected chi connectivity index (χ0v) is 15.2. The van der Waals surface area contributed by atoms with Gasteiger partial charge in [0.2, 0.25) is 0 Å². The molecular formula is C19H21FN2O5. The van der Waals surface area contributed by atoms with Crippen LogP contribution in [-0.4, -0.2) is 29.9 Å². The van der Waals surface area contributed by atoms with E-state index in [1.54, 1.807) is 19.9 Å². The lowest BCUT2D eigenvalue weighted by atomic mass is 10.0. The fourth-order valence-electron chi connectivity index (χ4n) is 2.20. The third-order valence-corrected chi connectivity index (χ3v) is 3.73. The second-order valence-corrected chi connectivity index (χ2v) is 6.25. The zero-order chi connectivity index (χ0) is 20.0. The molecule has 8 heteroatoms. The number of hydrogen-bond donors (Lipinski definition) is 2. The zero-order valence-electron chi connectivity index (χ0n) is 15.2. The van der Waals surface area contributed by atoms with Gasteiger partial charge < -0.3 is 19.8 Å². The van der Waals surface area contributed by atoms with Crippen molar-refractivity contribution < 1.29 is 27.9 Å². The summed E-state index contributed by atoms with van der Waals surface area (Å²) in [4.78, 5) is 36.6. The summed E-state index contributed by atoms with van der Waals surface area (Å²) in [5, 5.41) is 5.06. The molecule has 0 saturated carbocycles. The molecule has 2 atom stereocenters. The number of carbonyl (C=O) groups excluding carboxylic acids is 3. The average molecular weight is 376 g/mol. The first-order chi connectivity index (χ1) is 12.8. The van der Waals surface area contributed by atoms with E-state index in [4.69, 9.17) is 9.15 Å². The highest BCUT2D eigenvalue weighted by molar-refractivity contribution is 5.97. The van der Waals surface area contributed by atoms with Gasteiger partial charge in [-0.1, -0.05) is 13.8 Å². The fourth-order valence-corrected chi connectivity index (χ4v) is 2.20. The van der Waals surface area contributed by atoms with Crippen molar-refractivity contribution in [3.63, 3.8) is 0 Å². The van der Waals surface area contributed by atoms with E-state index in [2.05, 4.69) is 10.6 Å². The van der Waals surface area contributed by atoms with E-state index in [0.29, 0.717) is 5.69 Å². The number of benzene rings is 1. The molecule has 0 fully saturated rings. The number of nitrogens with one attached hydrogen (secondary N) is 2. The molecule has 0 radical (unpaired) electrons. The maximum absolute atomic E-state index is 12.9. The minimum atomic E-state index is -1.11. The predicted molar refractivity (Wildman–Crippen MR) is 95.4 cm³/mol. The van der Waals surface area contributed by atoms with Gasteiger partial charge in [-0.25, -0.2) is 9.18 Å². The van der Waals surface area contributed by atoms with Crippen LogP contribution in [0.5, 0.6) is 0 Å². The first-order valence-corrected chi connectivity index (χ1v) is 8.39. The molecule has 1 aromatic carbocycles. The van der Waals surface area contributed by atoms with Crippen LogP contribution in [0.3, 0.4) is 0 Å². The highest BCUT2D eigenvalue weighted by atomic mass is 19.1. The van der Waals surface area contributed by atoms with Crippen molar-refractivity contribution in [3.05, 3.63) is 54.2 Å². The quantitative estimate of drug-likeness (QED) is 0.724. The number of anilines is 1. The Labute approximate surface area is 155 Å². The third kappa shape index (κ3) is 5.67. The Bertz CT molecular complexity index is 787. The molecule has 0 aliphatic carbocycles. The van der Waals surface area contributed by atoms with Crippen molar-refractivity contribution in [2.45, 2.75) is 32.9 Å². The SMILES string of the molecule is CC(C)[C@H](NC(=O)c1ccco1)C(=O)O[C@H](C)C(=O)Nc1ccc(F)cc1. The van der Waals surface area contributed by atoms with Gasteiger partial charge in [0.15, 0.2) is 11.9 Å². The smallest absolute Gasteiger partial charge is 0.329 e. The van der Waals surface area contributed by atoms with Crippen LogP contribution in [0.15, 0.2) is 47.1 Å². The molecule has 2 rings (SSSR count). The van der Waals surface area contributed by atoms with Gasteiger partial charge in [-0.3, -0.25) is 9.59 Å². The van der Waals surface area contributed by atoms with Crippen LogP contribution in [0.25, 0.3) is 0 Å². The number of furan rings is 1. The Balaban J connectivity index is 1.95. The molecule has 2 N–H and O–H groups in total. The van der Waals surface area contributed by atoms with Crippen molar-refractivity contribution in [2.24, 2.45) is 5.92 Å². The van der Waals surface area contributed by atoms with E-state index in [0.717, 1.165) is 0 Å². The Kier molecular flexibility index (Phi) is 6.70. The van der Waals surface area contributed by atoms with Crippen molar-refractivity contribution in [1.82, 2.24) is 5.32 Å². The summed E-state index contributed by atoms with van der Waals surface area (Å²) >= 11 is 0. The molecule has 0 bridgehead atoms. The number of carbonyl (C=O) groups is 3. The minimum Gasteiger partial charge on any atom is -0.459 e. The molecule has 0 aliphatic heterocycles. The molecule has 0 saturated heterocycles. The Morgan fingerprint density at radius 1 is 1.07 bits per heavy atom. The number of hydrogen-bond acceptors (Lipinski definition) is 5. The lowest BCUT2D eigenvalue weighted by Crippen LogP contribution is -2.47. The van der Waals surface area contributed by atoms with E-state index in [9.17, 15) is 18.8 Å². The Morgan fingerprint density at radius 3 is 2.30 bits per heavy atom. The summed E-state index contributed by atoms with van der Waals surface area (Å²) in [6, 6.07) is 7.25. The Hall–Kier alpha value is -3.16. The summed E-state index contributed by atoms with van der Waals surface area (Å²) in [6.07, 6.45) is 0.240. The van der Waals surface area contributed by atoms with Crippen LogP contribution < -0.4 is 10.6 Å². The second kappa shape index (κ2) is 8.98. The molecule has 0 aliphatic rings. The first kappa shape index (κ1) is 20.2. The normalized spacial score (nSPS) is 12.9. The van der Waals surface area contributed by atoms with Gasteiger partial charge in [0, 0.05) is 5.69 Å². The molecule has 7 nitrogen and oxygen atoms in total. The van der Waals surface area contributed by atoms with E-state index in [1.807, 2.05) is 0 Å². The molecule has 1 aromatic heterocycles.